The van der Waals surface area contributed by atoms with Crippen LogP contribution in [0.2, 0.25) is 5.02 Å². The number of rotatable bonds is 3. The first-order valence-corrected chi connectivity index (χ1v) is 5.87. The van der Waals surface area contributed by atoms with E-state index < -0.39 is 5.82 Å². The van der Waals surface area contributed by atoms with Gasteiger partial charge in [0.05, 0.1) is 5.02 Å². The van der Waals surface area contributed by atoms with E-state index in [-0.39, 0.29) is 10.8 Å². The zero-order chi connectivity index (χ0) is 13.1. The predicted molar refractivity (Wildman–Crippen MR) is 69.9 cm³/mol. The fourth-order valence-corrected chi connectivity index (χ4v) is 1.81. The SMILES string of the molecule is Cc1cc(F)cc(NCc2ccc(Cl)c(F)c2)c1. The molecule has 0 bridgehead atoms. The summed E-state index contributed by atoms with van der Waals surface area (Å²) < 4.78 is 26.4. The zero-order valence-electron chi connectivity index (χ0n) is 9.81. The second-order valence-electron chi connectivity index (χ2n) is 4.12. The van der Waals surface area contributed by atoms with E-state index in [9.17, 15) is 8.78 Å². The van der Waals surface area contributed by atoms with Crippen LogP contribution in [0.25, 0.3) is 0 Å². The number of nitrogens with one attached hydrogen (secondary N) is 1. The first-order chi connectivity index (χ1) is 8.54. The van der Waals surface area contributed by atoms with Crippen LogP contribution in [0.15, 0.2) is 36.4 Å². The molecule has 0 aliphatic heterocycles. The quantitative estimate of drug-likeness (QED) is 0.861. The molecule has 0 unspecified atom stereocenters. The molecule has 4 heteroatoms. The smallest absolute Gasteiger partial charge is 0.142 e. The lowest BCUT2D eigenvalue weighted by Crippen LogP contribution is -2.00. The monoisotopic (exact) mass is 267 g/mol. The molecule has 0 radical (unpaired) electrons. The molecule has 0 heterocycles. The molecule has 0 aliphatic rings. The van der Waals surface area contributed by atoms with Crippen molar-refractivity contribution in [2.45, 2.75) is 13.5 Å². The number of hydrogen-bond donors (Lipinski definition) is 1. The van der Waals surface area contributed by atoms with Crippen LogP contribution in [-0.4, -0.2) is 0 Å². The second-order valence-corrected chi connectivity index (χ2v) is 4.53. The van der Waals surface area contributed by atoms with Crippen molar-refractivity contribution in [3.63, 3.8) is 0 Å². The number of anilines is 1. The topological polar surface area (TPSA) is 12.0 Å². The van der Waals surface area contributed by atoms with Gasteiger partial charge < -0.3 is 5.32 Å². The zero-order valence-corrected chi connectivity index (χ0v) is 10.6. The van der Waals surface area contributed by atoms with E-state index in [1.165, 1.54) is 24.3 Å². The second kappa shape index (κ2) is 5.36. The number of hydrogen-bond acceptors (Lipinski definition) is 1. The van der Waals surface area contributed by atoms with Gasteiger partial charge in [-0.1, -0.05) is 17.7 Å². The Labute approximate surface area is 109 Å². The molecule has 0 saturated heterocycles. The molecule has 94 valence electrons. The summed E-state index contributed by atoms with van der Waals surface area (Å²) in [5.41, 5.74) is 2.25. The van der Waals surface area contributed by atoms with Crippen molar-refractivity contribution in [2.24, 2.45) is 0 Å². The first kappa shape index (κ1) is 12.8. The van der Waals surface area contributed by atoms with E-state index in [0.717, 1.165) is 11.1 Å². The van der Waals surface area contributed by atoms with E-state index in [2.05, 4.69) is 5.32 Å². The highest BCUT2D eigenvalue weighted by Crippen LogP contribution is 2.18. The van der Waals surface area contributed by atoms with Gasteiger partial charge >= 0.3 is 0 Å². The molecule has 1 N–H and O–H groups in total. The van der Waals surface area contributed by atoms with E-state index in [4.69, 9.17) is 11.6 Å². The van der Waals surface area contributed by atoms with E-state index in [0.29, 0.717) is 12.2 Å². The average Bonchev–Trinajstić information content (AvgIpc) is 2.29. The molecule has 2 aromatic carbocycles. The fourth-order valence-electron chi connectivity index (χ4n) is 1.69. The van der Waals surface area contributed by atoms with Crippen molar-refractivity contribution in [1.29, 1.82) is 0 Å². The lowest BCUT2D eigenvalue weighted by atomic mass is 10.2. The normalized spacial score (nSPS) is 10.4. The molecule has 0 saturated carbocycles. The van der Waals surface area contributed by atoms with Gasteiger partial charge in [0.25, 0.3) is 0 Å². The van der Waals surface area contributed by atoms with Crippen molar-refractivity contribution < 1.29 is 8.78 Å². The summed E-state index contributed by atoms with van der Waals surface area (Å²) in [4.78, 5) is 0. The molecule has 2 aromatic rings. The Bertz CT molecular complexity index is 549. The average molecular weight is 268 g/mol. The van der Waals surface area contributed by atoms with Gasteiger partial charge in [0.2, 0.25) is 0 Å². The van der Waals surface area contributed by atoms with Crippen LogP contribution in [0, 0.1) is 18.6 Å². The number of halogens is 3. The maximum absolute atomic E-state index is 13.2. The Kier molecular flexibility index (Phi) is 3.82. The maximum Gasteiger partial charge on any atom is 0.142 e. The summed E-state index contributed by atoms with van der Waals surface area (Å²) in [6.07, 6.45) is 0. The van der Waals surface area contributed by atoms with Crippen LogP contribution < -0.4 is 5.32 Å². The highest BCUT2D eigenvalue weighted by molar-refractivity contribution is 6.30. The fraction of sp³-hybridized carbons (Fsp3) is 0.143. The Hall–Kier alpha value is -1.61. The largest absolute Gasteiger partial charge is 0.381 e. The summed E-state index contributed by atoms with van der Waals surface area (Å²) in [6, 6.07) is 9.28. The van der Waals surface area contributed by atoms with E-state index in [1.54, 1.807) is 6.07 Å². The molecule has 0 fully saturated rings. The van der Waals surface area contributed by atoms with Crippen LogP contribution in [0.5, 0.6) is 0 Å². The molecule has 18 heavy (non-hydrogen) atoms. The summed E-state index contributed by atoms with van der Waals surface area (Å²) in [5, 5.41) is 3.14. The van der Waals surface area contributed by atoms with Crippen molar-refractivity contribution in [2.75, 3.05) is 5.32 Å². The Balaban J connectivity index is 2.08. The number of aryl methyl sites for hydroxylation is 1. The van der Waals surface area contributed by atoms with Crippen molar-refractivity contribution in [3.8, 4) is 0 Å². The van der Waals surface area contributed by atoms with Gasteiger partial charge in [-0.05, 0) is 48.4 Å². The highest BCUT2D eigenvalue weighted by Gasteiger charge is 2.02. The Morgan fingerprint density at radius 3 is 2.56 bits per heavy atom. The molecule has 2 rings (SSSR count). The lowest BCUT2D eigenvalue weighted by Gasteiger charge is -2.08. The molecule has 0 aliphatic carbocycles. The lowest BCUT2D eigenvalue weighted by molar-refractivity contribution is 0.625. The summed E-state index contributed by atoms with van der Waals surface area (Å²) >= 11 is 5.59. The van der Waals surface area contributed by atoms with Gasteiger partial charge in [-0.15, -0.1) is 0 Å². The van der Waals surface area contributed by atoms with Crippen LogP contribution >= 0.6 is 11.6 Å². The molecule has 0 amide bonds. The van der Waals surface area contributed by atoms with Gasteiger partial charge in [-0.2, -0.15) is 0 Å². The maximum atomic E-state index is 13.2. The number of benzene rings is 2. The first-order valence-electron chi connectivity index (χ1n) is 5.49. The minimum Gasteiger partial charge on any atom is -0.381 e. The predicted octanol–water partition coefficient (Wildman–Crippen LogP) is 4.54. The summed E-state index contributed by atoms with van der Waals surface area (Å²) in [6.45, 7) is 2.23. The van der Waals surface area contributed by atoms with Crippen molar-refractivity contribution >= 4 is 17.3 Å². The van der Waals surface area contributed by atoms with Crippen LogP contribution in [0.1, 0.15) is 11.1 Å². The third-order valence-electron chi connectivity index (χ3n) is 2.52. The van der Waals surface area contributed by atoms with Gasteiger partial charge in [-0.25, -0.2) is 8.78 Å². The van der Waals surface area contributed by atoms with Crippen molar-refractivity contribution in [3.05, 3.63) is 64.2 Å². The molecular weight excluding hydrogens is 256 g/mol. The van der Waals surface area contributed by atoms with Gasteiger partial charge in [0.15, 0.2) is 0 Å². The Morgan fingerprint density at radius 1 is 1.11 bits per heavy atom. The third kappa shape index (κ3) is 3.20. The van der Waals surface area contributed by atoms with Crippen molar-refractivity contribution in [1.82, 2.24) is 0 Å². The van der Waals surface area contributed by atoms with Gasteiger partial charge in [0, 0.05) is 12.2 Å². The summed E-state index contributed by atoms with van der Waals surface area (Å²) in [5.74, 6) is -0.744. The Morgan fingerprint density at radius 2 is 1.89 bits per heavy atom. The standard InChI is InChI=1S/C14H12ClF2N/c1-9-4-11(16)7-12(5-9)18-8-10-2-3-13(15)14(17)6-10/h2-7,18H,8H2,1H3. The molecule has 0 aromatic heterocycles. The van der Waals surface area contributed by atoms with Crippen LogP contribution in [0.3, 0.4) is 0 Å². The van der Waals surface area contributed by atoms with Gasteiger partial charge in [0.1, 0.15) is 11.6 Å². The minimum atomic E-state index is -0.452. The third-order valence-corrected chi connectivity index (χ3v) is 2.83. The summed E-state index contributed by atoms with van der Waals surface area (Å²) in [7, 11) is 0. The van der Waals surface area contributed by atoms with Crippen LogP contribution in [0.4, 0.5) is 14.5 Å². The molecule has 0 spiro atoms. The highest BCUT2D eigenvalue weighted by atomic mass is 35.5. The van der Waals surface area contributed by atoms with E-state index in [1.807, 2.05) is 13.0 Å². The molecular formula is C14H12ClF2N. The van der Waals surface area contributed by atoms with Gasteiger partial charge in [-0.3, -0.25) is 0 Å². The van der Waals surface area contributed by atoms with Crippen LogP contribution in [-0.2, 0) is 6.54 Å². The minimum absolute atomic E-state index is 0.0975. The van der Waals surface area contributed by atoms with E-state index >= 15 is 0 Å². The molecule has 0 atom stereocenters. The molecule has 1 nitrogen and oxygen atoms in total.